The van der Waals surface area contributed by atoms with Crippen LogP contribution in [-0.2, 0) is 16.2 Å². The Morgan fingerprint density at radius 3 is 2.87 bits per heavy atom. The predicted molar refractivity (Wildman–Crippen MR) is 88.3 cm³/mol. The minimum Gasteiger partial charge on any atom is -0.391 e. The number of carbonyl (C=O) groups excluding carboxylic acids is 1. The normalized spacial score (nSPS) is 16.8. The Balaban J connectivity index is 1.89. The summed E-state index contributed by atoms with van der Waals surface area (Å²) in [4.78, 5) is 22.9. The maximum Gasteiger partial charge on any atom is 0.276 e. The Hall–Kier alpha value is -2.25. The van der Waals surface area contributed by atoms with E-state index in [4.69, 9.17) is 9.57 Å². The van der Waals surface area contributed by atoms with Crippen molar-refractivity contribution in [3.05, 3.63) is 41.0 Å². The van der Waals surface area contributed by atoms with Gasteiger partial charge in [-0.2, -0.15) is 0 Å². The van der Waals surface area contributed by atoms with Crippen LogP contribution in [0.2, 0.25) is 0 Å². The molecule has 1 aliphatic rings. The fourth-order valence-corrected chi connectivity index (χ4v) is 3.29. The van der Waals surface area contributed by atoms with Crippen LogP contribution in [0.5, 0.6) is 0 Å². The van der Waals surface area contributed by atoms with Gasteiger partial charge in [0, 0.05) is 13.5 Å². The van der Waals surface area contributed by atoms with Crippen molar-refractivity contribution in [3.8, 4) is 10.4 Å². The van der Waals surface area contributed by atoms with Crippen LogP contribution < -0.4 is 5.32 Å². The van der Waals surface area contributed by atoms with Crippen LogP contribution in [0.1, 0.15) is 28.8 Å². The zero-order chi connectivity index (χ0) is 16.2. The highest BCUT2D eigenvalue weighted by Gasteiger charge is 2.23. The smallest absolute Gasteiger partial charge is 0.276 e. The molecule has 0 bridgehead atoms. The summed E-state index contributed by atoms with van der Waals surface area (Å²) in [5.74, 6) is 0.252. The average Bonchev–Trinajstić information content (AvgIpc) is 3.15. The van der Waals surface area contributed by atoms with Crippen molar-refractivity contribution in [3.63, 3.8) is 0 Å². The fourth-order valence-electron chi connectivity index (χ4n) is 2.25. The number of amidine groups is 1. The number of thiazole rings is 1. The molecular weight excluding hydrogens is 314 g/mol. The van der Waals surface area contributed by atoms with Crippen LogP contribution >= 0.6 is 11.3 Å². The number of methoxy groups -OCH3 is 1. The summed E-state index contributed by atoms with van der Waals surface area (Å²) < 4.78 is 5.13. The third-order valence-electron chi connectivity index (χ3n) is 3.27. The van der Waals surface area contributed by atoms with E-state index >= 15 is 0 Å². The summed E-state index contributed by atoms with van der Waals surface area (Å²) in [6.45, 7) is 2.27. The number of carbonyl (C=O) groups is 1. The van der Waals surface area contributed by atoms with E-state index in [1.807, 2.05) is 37.3 Å². The van der Waals surface area contributed by atoms with Crippen LogP contribution in [0, 0.1) is 0 Å². The molecule has 120 valence electrons. The Bertz CT molecular complexity index is 727. The Kier molecular flexibility index (Phi) is 4.68. The van der Waals surface area contributed by atoms with Gasteiger partial charge < -0.3 is 14.9 Å². The lowest BCUT2D eigenvalue weighted by Crippen LogP contribution is -2.30. The van der Waals surface area contributed by atoms with E-state index in [-0.39, 0.29) is 12.0 Å². The molecule has 0 spiro atoms. The van der Waals surface area contributed by atoms with Gasteiger partial charge in [0.05, 0.1) is 11.5 Å². The topological polar surface area (TPSA) is 72.8 Å². The molecule has 1 aromatic heterocycles. The van der Waals surface area contributed by atoms with Gasteiger partial charge in [0.1, 0.15) is 16.8 Å². The van der Waals surface area contributed by atoms with E-state index in [9.17, 15) is 4.79 Å². The molecule has 3 rings (SSSR count). The number of hydrogen-bond acceptors (Lipinski definition) is 6. The molecule has 0 saturated carbocycles. The van der Waals surface area contributed by atoms with Crippen molar-refractivity contribution in [1.29, 1.82) is 0 Å². The lowest BCUT2D eigenvalue weighted by molar-refractivity contribution is 0.0964. The first-order valence-electron chi connectivity index (χ1n) is 7.25. The van der Waals surface area contributed by atoms with Gasteiger partial charge in [0.25, 0.3) is 5.91 Å². The molecule has 1 N–H and O–H groups in total. The minimum absolute atomic E-state index is 0.0154. The number of amides is 1. The molecule has 0 radical (unpaired) electrons. The zero-order valence-electron chi connectivity index (χ0n) is 12.9. The molecular formula is C16H17N3O3S. The summed E-state index contributed by atoms with van der Waals surface area (Å²) in [6.07, 6.45) is 0.569. The molecule has 0 aliphatic carbocycles. The zero-order valence-corrected chi connectivity index (χ0v) is 13.7. The van der Waals surface area contributed by atoms with E-state index in [0.29, 0.717) is 24.6 Å². The Morgan fingerprint density at radius 2 is 2.22 bits per heavy atom. The number of aromatic nitrogens is 1. The first kappa shape index (κ1) is 15.6. The van der Waals surface area contributed by atoms with Crippen LogP contribution in [0.25, 0.3) is 10.4 Å². The number of benzene rings is 1. The number of hydrogen-bond donors (Lipinski definition) is 1. The standard InChI is InChI=1S/C16H17N3O3S/c1-10-8-12(19-22-10)17-16(20)14-15(11-6-4-3-5-7-11)23-13(18-14)9-21-2/h3-7,10H,8-9H2,1-2H3,(H,17,19,20). The predicted octanol–water partition coefficient (Wildman–Crippen LogP) is 2.81. The maximum atomic E-state index is 12.6. The second kappa shape index (κ2) is 6.89. The lowest BCUT2D eigenvalue weighted by Gasteiger charge is -2.04. The van der Waals surface area contributed by atoms with Gasteiger partial charge in [-0.25, -0.2) is 4.98 Å². The first-order chi connectivity index (χ1) is 11.2. The van der Waals surface area contributed by atoms with E-state index in [1.54, 1.807) is 7.11 Å². The van der Waals surface area contributed by atoms with Gasteiger partial charge >= 0.3 is 0 Å². The van der Waals surface area contributed by atoms with E-state index in [2.05, 4.69) is 15.5 Å². The molecule has 0 saturated heterocycles. The monoisotopic (exact) mass is 331 g/mol. The number of nitrogens with zero attached hydrogens (tertiary/aromatic N) is 2. The average molecular weight is 331 g/mol. The molecule has 1 atom stereocenters. The third-order valence-corrected chi connectivity index (χ3v) is 4.35. The molecule has 7 heteroatoms. The fraction of sp³-hybridized carbons (Fsp3) is 0.312. The minimum atomic E-state index is -0.279. The summed E-state index contributed by atoms with van der Waals surface area (Å²) in [5, 5.41) is 7.40. The van der Waals surface area contributed by atoms with Gasteiger partial charge in [-0.3, -0.25) is 4.79 Å². The molecule has 23 heavy (non-hydrogen) atoms. The van der Waals surface area contributed by atoms with Gasteiger partial charge in [-0.1, -0.05) is 35.5 Å². The first-order valence-corrected chi connectivity index (χ1v) is 8.07. The van der Waals surface area contributed by atoms with Crippen molar-refractivity contribution in [1.82, 2.24) is 10.3 Å². The molecule has 2 heterocycles. The maximum absolute atomic E-state index is 12.6. The van der Waals surface area contributed by atoms with Crippen LogP contribution in [0.4, 0.5) is 0 Å². The highest BCUT2D eigenvalue weighted by molar-refractivity contribution is 7.15. The van der Waals surface area contributed by atoms with Crippen LogP contribution in [0.15, 0.2) is 35.5 Å². The van der Waals surface area contributed by atoms with Gasteiger partial charge in [-0.05, 0) is 12.5 Å². The van der Waals surface area contributed by atoms with Gasteiger partial charge in [0.2, 0.25) is 0 Å². The third kappa shape index (κ3) is 3.57. The summed E-state index contributed by atoms with van der Waals surface area (Å²) >= 11 is 1.46. The molecule has 1 aromatic carbocycles. The summed E-state index contributed by atoms with van der Waals surface area (Å²) in [6, 6.07) is 9.72. The molecule has 1 amide bonds. The highest BCUT2D eigenvalue weighted by atomic mass is 32.1. The number of ether oxygens (including phenoxy) is 1. The second-order valence-corrected chi connectivity index (χ2v) is 6.28. The van der Waals surface area contributed by atoms with Crippen molar-refractivity contribution in [2.24, 2.45) is 5.16 Å². The Morgan fingerprint density at radius 1 is 1.43 bits per heavy atom. The van der Waals surface area contributed by atoms with Gasteiger partial charge in [-0.15, -0.1) is 11.3 Å². The Labute approximate surface area is 138 Å². The van der Waals surface area contributed by atoms with Gasteiger partial charge in [0.15, 0.2) is 5.84 Å². The lowest BCUT2D eigenvalue weighted by atomic mass is 10.1. The largest absolute Gasteiger partial charge is 0.391 e. The number of nitrogens with one attached hydrogen (secondary N) is 1. The van der Waals surface area contributed by atoms with Crippen molar-refractivity contribution < 1.29 is 14.4 Å². The van der Waals surface area contributed by atoms with E-state index in [0.717, 1.165) is 15.4 Å². The molecule has 1 aliphatic heterocycles. The summed E-state index contributed by atoms with van der Waals surface area (Å²) in [5.41, 5.74) is 1.34. The number of oxime groups is 1. The highest BCUT2D eigenvalue weighted by Crippen LogP contribution is 2.30. The molecule has 2 aromatic rings. The second-order valence-electron chi connectivity index (χ2n) is 5.20. The van der Waals surface area contributed by atoms with Crippen molar-refractivity contribution in [2.75, 3.05) is 7.11 Å². The number of rotatable bonds is 4. The quantitative estimate of drug-likeness (QED) is 0.935. The SMILES string of the molecule is COCc1nc(C(=O)NC2=NOC(C)C2)c(-c2ccccc2)s1. The molecule has 0 fully saturated rings. The van der Waals surface area contributed by atoms with E-state index < -0.39 is 0 Å². The van der Waals surface area contributed by atoms with Crippen molar-refractivity contribution in [2.45, 2.75) is 26.1 Å². The molecule has 1 unspecified atom stereocenters. The van der Waals surface area contributed by atoms with Crippen LogP contribution in [-0.4, -0.2) is 29.9 Å². The van der Waals surface area contributed by atoms with E-state index in [1.165, 1.54) is 11.3 Å². The van der Waals surface area contributed by atoms with Crippen molar-refractivity contribution >= 4 is 23.1 Å². The van der Waals surface area contributed by atoms with Crippen LogP contribution in [0.3, 0.4) is 0 Å². The molecule has 6 nitrogen and oxygen atoms in total. The summed E-state index contributed by atoms with van der Waals surface area (Å²) in [7, 11) is 1.61.